The maximum absolute atomic E-state index is 12.4. The number of nitrogens with zero attached hydrogens (tertiary/aromatic N) is 4. The summed E-state index contributed by atoms with van der Waals surface area (Å²) in [6.45, 7) is 0. The molecule has 7 nitrogen and oxygen atoms in total. The Kier molecular flexibility index (Phi) is 5.97. The van der Waals surface area contributed by atoms with Crippen molar-refractivity contribution in [3.05, 3.63) is 69.1 Å². The Morgan fingerprint density at radius 1 is 1.12 bits per heavy atom. The molecule has 0 saturated carbocycles. The van der Waals surface area contributed by atoms with Crippen LogP contribution >= 0.6 is 46.3 Å². The Balaban J connectivity index is 1.20. The number of hydrogen-bond acceptors (Lipinski definition) is 7. The minimum Gasteiger partial charge on any atom is -0.338 e. The zero-order valence-corrected chi connectivity index (χ0v) is 19.4. The van der Waals surface area contributed by atoms with Crippen molar-refractivity contribution in [1.29, 1.82) is 0 Å². The van der Waals surface area contributed by atoms with E-state index in [-0.39, 0.29) is 11.7 Å². The summed E-state index contributed by atoms with van der Waals surface area (Å²) >= 11 is 14.7. The summed E-state index contributed by atoms with van der Waals surface area (Å²) in [5.41, 5.74) is 3.33. The maximum Gasteiger partial charge on any atom is 0.236 e. The van der Waals surface area contributed by atoms with Crippen LogP contribution in [0.1, 0.15) is 10.4 Å². The third kappa shape index (κ3) is 4.56. The van der Waals surface area contributed by atoms with E-state index in [2.05, 4.69) is 30.5 Å². The number of aromatic nitrogens is 5. The van der Waals surface area contributed by atoms with Crippen molar-refractivity contribution in [2.24, 2.45) is 0 Å². The first-order valence-electron chi connectivity index (χ1n) is 9.47. The number of H-pyrrole nitrogens is 1. The number of fused-ring (bicyclic) bond motifs is 3. The van der Waals surface area contributed by atoms with Gasteiger partial charge in [0.2, 0.25) is 11.1 Å². The number of thiazole rings is 1. The van der Waals surface area contributed by atoms with Crippen LogP contribution in [0.2, 0.25) is 10.0 Å². The Bertz CT molecular complexity index is 1450. The van der Waals surface area contributed by atoms with Crippen LogP contribution < -0.4 is 5.32 Å². The molecule has 0 saturated heterocycles. The van der Waals surface area contributed by atoms with Crippen LogP contribution in [0.25, 0.3) is 22.1 Å². The number of carbonyl (C=O) groups excluding carboxylic acids is 1. The standard InChI is InChI=1S/C21H14Cl2N6OS2/c22-14-6-5-11(8-15(14)23)7-12-9-24-20(32-12)26-17(30)10-31-21-27-19-18(28-29-21)13-3-1-2-4-16(13)25-19/h1-6,8-9H,7,10H2,(H,24,26,30)(H,25,27,29). The Morgan fingerprint density at radius 3 is 2.88 bits per heavy atom. The highest BCUT2D eigenvalue weighted by Crippen LogP contribution is 2.27. The van der Waals surface area contributed by atoms with Gasteiger partial charge in [-0.3, -0.25) is 4.79 Å². The third-order valence-corrected chi connectivity index (χ3v) is 7.09. The SMILES string of the molecule is O=C(CSc1nnc2c(n1)[nH]c1ccccc12)Nc1ncc(Cc2ccc(Cl)c(Cl)c2)s1. The van der Waals surface area contributed by atoms with E-state index in [9.17, 15) is 4.79 Å². The number of anilines is 1. The lowest BCUT2D eigenvalue weighted by Gasteiger charge is -2.02. The van der Waals surface area contributed by atoms with E-state index in [0.29, 0.717) is 37.9 Å². The van der Waals surface area contributed by atoms with Crippen LogP contribution in [-0.4, -0.2) is 36.8 Å². The van der Waals surface area contributed by atoms with E-state index >= 15 is 0 Å². The highest BCUT2D eigenvalue weighted by atomic mass is 35.5. The zero-order valence-electron chi connectivity index (χ0n) is 16.3. The first-order valence-corrected chi connectivity index (χ1v) is 12.0. The van der Waals surface area contributed by atoms with Gasteiger partial charge in [0.05, 0.1) is 15.8 Å². The molecular weight excluding hydrogens is 487 g/mol. The number of nitrogens with one attached hydrogen (secondary N) is 2. The molecule has 2 aromatic carbocycles. The van der Waals surface area contributed by atoms with E-state index in [4.69, 9.17) is 23.2 Å². The number of amides is 1. The van der Waals surface area contributed by atoms with Crippen LogP contribution in [0.4, 0.5) is 5.13 Å². The second kappa shape index (κ2) is 9.03. The molecule has 0 atom stereocenters. The van der Waals surface area contributed by atoms with E-state index < -0.39 is 0 Å². The lowest BCUT2D eigenvalue weighted by molar-refractivity contribution is -0.113. The first kappa shape index (κ1) is 21.1. The summed E-state index contributed by atoms with van der Waals surface area (Å²) in [6.07, 6.45) is 2.40. The molecule has 3 heterocycles. The molecule has 0 bridgehead atoms. The molecule has 1 amide bonds. The summed E-state index contributed by atoms with van der Waals surface area (Å²) in [7, 11) is 0. The van der Waals surface area contributed by atoms with Gasteiger partial charge in [0.1, 0.15) is 5.52 Å². The van der Waals surface area contributed by atoms with Crippen molar-refractivity contribution in [3.63, 3.8) is 0 Å². The number of aromatic amines is 1. The molecule has 3 aromatic heterocycles. The molecule has 0 aliphatic rings. The van der Waals surface area contributed by atoms with Gasteiger partial charge in [-0.25, -0.2) is 9.97 Å². The summed E-state index contributed by atoms with van der Waals surface area (Å²) in [5, 5.41) is 14.2. The third-order valence-electron chi connectivity index (χ3n) is 4.60. The molecule has 0 aliphatic heterocycles. The number of halogens is 2. The normalized spacial score (nSPS) is 11.3. The minimum atomic E-state index is -0.189. The van der Waals surface area contributed by atoms with Gasteiger partial charge in [-0.15, -0.1) is 21.5 Å². The lowest BCUT2D eigenvalue weighted by atomic mass is 10.1. The van der Waals surface area contributed by atoms with Crippen LogP contribution in [-0.2, 0) is 11.2 Å². The predicted molar refractivity (Wildman–Crippen MR) is 130 cm³/mol. The fourth-order valence-electron chi connectivity index (χ4n) is 3.15. The van der Waals surface area contributed by atoms with E-state index in [1.54, 1.807) is 12.3 Å². The lowest BCUT2D eigenvalue weighted by Crippen LogP contribution is -2.14. The smallest absolute Gasteiger partial charge is 0.236 e. The van der Waals surface area contributed by atoms with Gasteiger partial charge in [0, 0.05) is 28.4 Å². The van der Waals surface area contributed by atoms with Crippen molar-refractivity contribution < 1.29 is 4.79 Å². The number of thioether (sulfide) groups is 1. The van der Waals surface area contributed by atoms with Crippen molar-refractivity contribution in [3.8, 4) is 0 Å². The number of rotatable bonds is 6. The molecule has 0 unspecified atom stereocenters. The highest BCUT2D eigenvalue weighted by Gasteiger charge is 2.12. The number of carbonyl (C=O) groups is 1. The second-order valence-electron chi connectivity index (χ2n) is 6.86. The quantitative estimate of drug-likeness (QED) is 0.295. The molecule has 2 N–H and O–H groups in total. The molecule has 160 valence electrons. The highest BCUT2D eigenvalue weighted by molar-refractivity contribution is 7.99. The van der Waals surface area contributed by atoms with Crippen molar-refractivity contribution in [2.75, 3.05) is 11.1 Å². The van der Waals surface area contributed by atoms with Crippen LogP contribution in [0.3, 0.4) is 0 Å². The van der Waals surface area contributed by atoms with Gasteiger partial charge >= 0.3 is 0 Å². The molecular formula is C21H14Cl2N6OS2. The first-order chi connectivity index (χ1) is 15.5. The van der Waals surface area contributed by atoms with Gasteiger partial charge in [0.25, 0.3) is 0 Å². The van der Waals surface area contributed by atoms with E-state index in [1.807, 2.05) is 36.4 Å². The molecule has 5 rings (SSSR count). The van der Waals surface area contributed by atoms with Gasteiger partial charge in [-0.1, -0.05) is 59.2 Å². The van der Waals surface area contributed by atoms with Crippen LogP contribution in [0.15, 0.2) is 53.8 Å². The van der Waals surface area contributed by atoms with E-state index in [0.717, 1.165) is 21.3 Å². The Morgan fingerprint density at radius 2 is 2.00 bits per heavy atom. The van der Waals surface area contributed by atoms with E-state index in [1.165, 1.54) is 23.1 Å². The number of hydrogen-bond donors (Lipinski definition) is 2. The summed E-state index contributed by atoms with van der Waals surface area (Å²) < 4.78 is 0. The molecule has 32 heavy (non-hydrogen) atoms. The summed E-state index contributed by atoms with van der Waals surface area (Å²) in [5.74, 6) is -0.0412. The molecule has 11 heteroatoms. The Labute approximate surface area is 200 Å². The monoisotopic (exact) mass is 500 g/mol. The number of benzene rings is 2. The van der Waals surface area contributed by atoms with Crippen LogP contribution in [0.5, 0.6) is 0 Å². The largest absolute Gasteiger partial charge is 0.338 e. The number of para-hydroxylation sites is 1. The van der Waals surface area contributed by atoms with Gasteiger partial charge in [0.15, 0.2) is 10.8 Å². The zero-order chi connectivity index (χ0) is 22.1. The predicted octanol–water partition coefficient (Wildman–Crippen LogP) is 5.59. The average Bonchev–Trinajstić information content (AvgIpc) is 3.38. The van der Waals surface area contributed by atoms with Crippen molar-refractivity contribution in [1.82, 2.24) is 25.1 Å². The fraction of sp³-hybridized carbons (Fsp3) is 0.0952. The van der Waals surface area contributed by atoms with Gasteiger partial charge < -0.3 is 10.3 Å². The fourth-order valence-corrected chi connectivity index (χ4v) is 4.92. The summed E-state index contributed by atoms with van der Waals surface area (Å²) in [4.78, 5) is 25.3. The molecule has 0 fully saturated rings. The van der Waals surface area contributed by atoms with Gasteiger partial charge in [-0.05, 0) is 23.8 Å². The summed E-state index contributed by atoms with van der Waals surface area (Å²) in [6, 6.07) is 13.3. The second-order valence-corrected chi connectivity index (χ2v) is 9.73. The molecule has 0 radical (unpaired) electrons. The van der Waals surface area contributed by atoms with Gasteiger partial charge in [-0.2, -0.15) is 0 Å². The maximum atomic E-state index is 12.4. The minimum absolute atomic E-state index is 0.148. The molecule has 0 aliphatic carbocycles. The van der Waals surface area contributed by atoms with Crippen LogP contribution in [0, 0.1) is 0 Å². The molecule has 5 aromatic rings. The Hall–Kier alpha value is -2.72. The van der Waals surface area contributed by atoms with Crippen molar-refractivity contribution in [2.45, 2.75) is 11.6 Å². The topological polar surface area (TPSA) is 96.5 Å². The van der Waals surface area contributed by atoms with Crippen molar-refractivity contribution >= 4 is 79.4 Å². The average molecular weight is 501 g/mol. The molecule has 0 spiro atoms.